The minimum absolute atomic E-state index is 0.386. The van der Waals surface area contributed by atoms with Crippen LogP contribution < -0.4 is 5.69 Å². The summed E-state index contributed by atoms with van der Waals surface area (Å²) in [5.74, 6) is -3.67. The maximum Gasteiger partial charge on any atom is 0.350 e. The van der Waals surface area contributed by atoms with Gasteiger partial charge in [0.2, 0.25) is 6.23 Å². The summed E-state index contributed by atoms with van der Waals surface area (Å²) in [5.41, 5.74) is -0.512. The fraction of sp³-hybridized carbons (Fsp3) is 0.600. The molecule has 1 aliphatic rings. The molecule has 0 aliphatic carbocycles. The van der Waals surface area contributed by atoms with E-state index >= 15 is 0 Å². The molecule has 1 aromatic heterocycles. The van der Waals surface area contributed by atoms with Crippen molar-refractivity contribution in [3.05, 3.63) is 28.4 Å². The number of aromatic nitrogens is 2. The summed E-state index contributed by atoms with van der Waals surface area (Å²) in [4.78, 5) is 15.0. The van der Waals surface area contributed by atoms with Crippen molar-refractivity contribution in [2.75, 3.05) is 6.61 Å². The number of hydrogen-bond donors (Lipinski definition) is 2. The lowest BCUT2D eigenvalue weighted by Crippen LogP contribution is -2.41. The van der Waals surface area contributed by atoms with Crippen LogP contribution in [0, 0.1) is 6.92 Å². The molecule has 100 valence electrons. The van der Waals surface area contributed by atoms with Gasteiger partial charge in [-0.2, -0.15) is 13.8 Å². The highest BCUT2D eigenvalue weighted by Crippen LogP contribution is 2.41. The summed E-state index contributed by atoms with van der Waals surface area (Å²) >= 11 is 0. The molecule has 2 rings (SSSR count). The Labute approximate surface area is 100 Å². The summed E-state index contributed by atoms with van der Waals surface area (Å²) in [6.45, 7) is 0.784. The van der Waals surface area contributed by atoms with Gasteiger partial charge in [0.1, 0.15) is 6.10 Å². The van der Waals surface area contributed by atoms with Gasteiger partial charge in [-0.05, 0) is 13.0 Å². The maximum atomic E-state index is 13.7. The van der Waals surface area contributed by atoms with Gasteiger partial charge < -0.3 is 14.9 Å². The summed E-state index contributed by atoms with van der Waals surface area (Å²) < 4.78 is 32.9. The Morgan fingerprint density at radius 2 is 2.28 bits per heavy atom. The molecule has 1 saturated heterocycles. The van der Waals surface area contributed by atoms with E-state index in [1.165, 1.54) is 6.07 Å². The van der Waals surface area contributed by atoms with Crippen LogP contribution in [0.25, 0.3) is 0 Å². The molecule has 0 radical (unpaired) electrons. The highest BCUT2D eigenvalue weighted by Gasteiger charge is 2.59. The van der Waals surface area contributed by atoms with E-state index in [-0.39, 0.29) is 0 Å². The molecule has 1 aliphatic heterocycles. The zero-order valence-corrected chi connectivity index (χ0v) is 9.46. The number of rotatable bonds is 2. The molecule has 1 fully saturated rings. The van der Waals surface area contributed by atoms with Crippen LogP contribution in [0.3, 0.4) is 0 Å². The lowest BCUT2D eigenvalue weighted by molar-refractivity contribution is -0.141. The molecule has 2 N–H and O–H groups in total. The van der Waals surface area contributed by atoms with Gasteiger partial charge in [0, 0.05) is 11.9 Å². The summed E-state index contributed by atoms with van der Waals surface area (Å²) in [6, 6.07) is 1.37. The molecular weight excluding hydrogens is 250 g/mol. The second kappa shape index (κ2) is 4.38. The van der Waals surface area contributed by atoms with Gasteiger partial charge in [0.25, 0.3) is 0 Å². The first kappa shape index (κ1) is 13.1. The fourth-order valence-corrected chi connectivity index (χ4v) is 1.79. The van der Waals surface area contributed by atoms with E-state index in [9.17, 15) is 18.7 Å². The number of aliphatic hydroxyl groups is 2. The SMILES string of the molecule is Cc1ccn([C@@H]2O[C@H](CO)C(O)C2(F)F)c(=O)n1. The van der Waals surface area contributed by atoms with Crippen molar-refractivity contribution in [3.8, 4) is 0 Å². The van der Waals surface area contributed by atoms with Crippen molar-refractivity contribution in [2.45, 2.75) is 31.3 Å². The van der Waals surface area contributed by atoms with E-state index in [4.69, 9.17) is 9.84 Å². The second-order valence-corrected chi connectivity index (χ2v) is 4.09. The Morgan fingerprint density at radius 1 is 1.61 bits per heavy atom. The van der Waals surface area contributed by atoms with Crippen molar-refractivity contribution >= 4 is 0 Å². The number of ether oxygens (including phenoxy) is 1. The third-order valence-corrected chi connectivity index (χ3v) is 2.78. The largest absolute Gasteiger partial charge is 0.394 e. The average Bonchev–Trinajstić information content (AvgIpc) is 2.52. The van der Waals surface area contributed by atoms with Gasteiger partial charge >= 0.3 is 11.6 Å². The number of alkyl halides is 2. The van der Waals surface area contributed by atoms with Crippen molar-refractivity contribution in [3.63, 3.8) is 0 Å². The van der Waals surface area contributed by atoms with Crippen LogP contribution in [-0.4, -0.2) is 44.5 Å². The van der Waals surface area contributed by atoms with Crippen LogP contribution >= 0.6 is 0 Å². The number of aliphatic hydroxyl groups excluding tert-OH is 2. The molecule has 8 heteroatoms. The van der Waals surface area contributed by atoms with Crippen molar-refractivity contribution < 1.29 is 23.7 Å². The predicted molar refractivity (Wildman–Crippen MR) is 55.2 cm³/mol. The Morgan fingerprint density at radius 3 is 2.78 bits per heavy atom. The number of halogens is 2. The first-order valence-electron chi connectivity index (χ1n) is 5.26. The van der Waals surface area contributed by atoms with Crippen LogP contribution in [0.2, 0.25) is 0 Å². The zero-order chi connectivity index (χ0) is 13.5. The summed E-state index contributed by atoms with van der Waals surface area (Å²) in [5, 5.41) is 18.1. The molecule has 0 bridgehead atoms. The number of hydrogen-bond acceptors (Lipinski definition) is 5. The fourth-order valence-electron chi connectivity index (χ4n) is 1.79. The van der Waals surface area contributed by atoms with Crippen LogP contribution in [0.4, 0.5) is 8.78 Å². The van der Waals surface area contributed by atoms with E-state index in [0.29, 0.717) is 10.3 Å². The smallest absolute Gasteiger partial charge is 0.350 e. The zero-order valence-electron chi connectivity index (χ0n) is 9.46. The van der Waals surface area contributed by atoms with E-state index in [1.807, 2.05) is 0 Å². The third-order valence-electron chi connectivity index (χ3n) is 2.78. The van der Waals surface area contributed by atoms with Crippen molar-refractivity contribution in [1.82, 2.24) is 9.55 Å². The summed E-state index contributed by atoms with van der Waals surface area (Å²) in [6.07, 6.45) is -4.44. The average molecular weight is 262 g/mol. The lowest BCUT2D eigenvalue weighted by Gasteiger charge is -2.20. The molecule has 0 spiro atoms. The van der Waals surface area contributed by atoms with Crippen LogP contribution in [0.5, 0.6) is 0 Å². The Bertz CT molecular complexity index is 505. The maximum absolute atomic E-state index is 13.7. The minimum Gasteiger partial charge on any atom is -0.394 e. The quantitative estimate of drug-likeness (QED) is 0.746. The van der Waals surface area contributed by atoms with Gasteiger partial charge in [0.15, 0.2) is 6.10 Å². The predicted octanol–water partition coefficient (Wildman–Crippen LogP) is -0.562. The Hall–Kier alpha value is -1.38. The molecule has 1 unspecified atom stereocenters. The van der Waals surface area contributed by atoms with Gasteiger partial charge in [-0.3, -0.25) is 4.57 Å². The molecule has 0 amide bonds. The topological polar surface area (TPSA) is 84.6 Å². The molecule has 18 heavy (non-hydrogen) atoms. The first-order valence-corrected chi connectivity index (χ1v) is 5.26. The molecule has 0 aromatic carbocycles. The highest BCUT2D eigenvalue weighted by molar-refractivity contribution is 5.01. The van der Waals surface area contributed by atoms with Crippen LogP contribution in [0.15, 0.2) is 17.1 Å². The van der Waals surface area contributed by atoms with Crippen LogP contribution in [0.1, 0.15) is 11.9 Å². The molecule has 2 heterocycles. The molecule has 1 aromatic rings. The Kier molecular flexibility index (Phi) is 3.18. The van der Waals surface area contributed by atoms with E-state index in [1.54, 1.807) is 6.92 Å². The number of nitrogens with zero attached hydrogens (tertiary/aromatic N) is 2. The first-order chi connectivity index (χ1) is 8.37. The van der Waals surface area contributed by atoms with Gasteiger partial charge in [0.05, 0.1) is 6.61 Å². The van der Waals surface area contributed by atoms with E-state index in [2.05, 4.69) is 4.98 Å². The number of aryl methyl sites for hydroxylation is 1. The minimum atomic E-state index is -3.67. The standard InChI is InChI=1S/C10H12F2N2O4/c1-5-2-3-14(9(17)13-5)8-10(11,12)7(16)6(4-15)18-8/h2-3,6-8,15-16H,4H2,1H3/t6-,7?,8-/m1/s1. The third kappa shape index (κ3) is 1.92. The second-order valence-electron chi connectivity index (χ2n) is 4.09. The van der Waals surface area contributed by atoms with Gasteiger partial charge in [-0.15, -0.1) is 0 Å². The van der Waals surface area contributed by atoms with Gasteiger partial charge in [-0.25, -0.2) is 4.79 Å². The molecular formula is C10H12F2N2O4. The van der Waals surface area contributed by atoms with E-state index in [0.717, 1.165) is 6.20 Å². The normalized spacial score (nSPS) is 30.6. The van der Waals surface area contributed by atoms with Crippen LogP contribution in [-0.2, 0) is 4.74 Å². The van der Waals surface area contributed by atoms with E-state index < -0.39 is 36.7 Å². The summed E-state index contributed by atoms with van der Waals surface area (Å²) in [7, 11) is 0. The molecule has 6 nitrogen and oxygen atoms in total. The van der Waals surface area contributed by atoms with Crippen molar-refractivity contribution in [1.29, 1.82) is 0 Å². The lowest BCUT2D eigenvalue weighted by atomic mass is 10.1. The molecule has 0 saturated carbocycles. The van der Waals surface area contributed by atoms with Gasteiger partial charge in [-0.1, -0.05) is 0 Å². The molecule has 3 atom stereocenters. The van der Waals surface area contributed by atoms with Crippen molar-refractivity contribution in [2.24, 2.45) is 0 Å². The monoisotopic (exact) mass is 262 g/mol. The highest BCUT2D eigenvalue weighted by atomic mass is 19.3. The Balaban J connectivity index is 2.42.